The molecule has 3 nitrogen and oxygen atoms in total. The van der Waals surface area contributed by atoms with Crippen LogP contribution < -0.4 is 14.8 Å². The van der Waals surface area contributed by atoms with Crippen molar-refractivity contribution in [2.75, 3.05) is 13.2 Å². The van der Waals surface area contributed by atoms with Gasteiger partial charge < -0.3 is 14.8 Å². The van der Waals surface area contributed by atoms with Gasteiger partial charge in [0.25, 0.3) is 0 Å². The lowest BCUT2D eigenvalue weighted by Crippen LogP contribution is -2.15. The fourth-order valence-corrected chi connectivity index (χ4v) is 3.53. The Morgan fingerprint density at radius 3 is 2.28 bits per heavy atom. The summed E-state index contributed by atoms with van der Waals surface area (Å²) in [6, 6.07) is 11.5. The van der Waals surface area contributed by atoms with Gasteiger partial charge in [-0.25, -0.2) is 0 Å². The van der Waals surface area contributed by atoms with Gasteiger partial charge in [0.1, 0.15) is 6.61 Å². The van der Waals surface area contributed by atoms with Gasteiger partial charge in [0.2, 0.25) is 0 Å². The third-order valence-electron chi connectivity index (χ3n) is 4.78. The summed E-state index contributed by atoms with van der Waals surface area (Å²) in [5.41, 5.74) is 1.95. The molecule has 0 radical (unpaired) electrons. The Hall–Kier alpha value is -1.42. The maximum absolute atomic E-state index is 6.51. The van der Waals surface area contributed by atoms with Crippen LogP contribution in [0.15, 0.2) is 36.4 Å². The van der Waals surface area contributed by atoms with Crippen LogP contribution in [0.3, 0.4) is 0 Å². The first kappa shape index (κ1) is 23.9. The van der Waals surface area contributed by atoms with Crippen molar-refractivity contribution in [1.82, 2.24) is 5.32 Å². The van der Waals surface area contributed by atoms with Crippen LogP contribution in [0, 0.1) is 0 Å². The van der Waals surface area contributed by atoms with E-state index >= 15 is 0 Å². The van der Waals surface area contributed by atoms with Gasteiger partial charge >= 0.3 is 0 Å². The summed E-state index contributed by atoms with van der Waals surface area (Å²) in [6.45, 7) is 6.86. The van der Waals surface area contributed by atoms with Crippen LogP contribution in [-0.4, -0.2) is 13.2 Å². The zero-order valence-corrected chi connectivity index (χ0v) is 19.1. The summed E-state index contributed by atoms with van der Waals surface area (Å²) in [4.78, 5) is 0. The Kier molecular flexibility index (Phi) is 11.3. The molecule has 0 aliphatic heterocycles. The third-order valence-corrected chi connectivity index (χ3v) is 5.50. The van der Waals surface area contributed by atoms with Gasteiger partial charge in [-0.05, 0) is 37.6 Å². The van der Waals surface area contributed by atoms with Crippen LogP contribution >= 0.6 is 23.2 Å². The third kappa shape index (κ3) is 8.46. The standard InChI is InChI=1S/C24H33Cl2NO2/c1-3-5-6-7-8-11-14-27-17-20-15-23(28-4-2)24(16-22(20)26)29-18-19-12-9-10-13-21(19)25/h9-10,12-13,15-16,27H,3-8,11,14,17-18H2,1-2H3. The zero-order valence-electron chi connectivity index (χ0n) is 17.6. The first-order chi connectivity index (χ1) is 14.2. The van der Waals surface area contributed by atoms with Crippen LogP contribution in [0.1, 0.15) is 63.5 Å². The fourth-order valence-electron chi connectivity index (χ4n) is 3.12. The molecule has 1 N–H and O–H groups in total. The molecular formula is C24H33Cl2NO2. The lowest BCUT2D eigenvalue weighted by atomic mass is 10.1. The lowest BCUT2D eigenvalue weighted by Gasteiger charge is -2.16. The van der Waals surface area contributed by atoms with Gasteiger partial charge in [0, 0.05) is 28.2 Å². The second kappa shape index (κ2) is 13.7. The van der Waals surface area contributed by atoms with Crippen LogP contribution in [0.2, 0.25) is 10.0 Å². The number of unbranched alkanes of at least 4 members (excludes halogenated alkanes) is 5. The fraction of sp³-hybridized carbons (Fsp3) is 0.500. The monoisotopic (exact) mass is 437 g/mol. The van der Waals surface area contributed by atoms with Crippen molar-refractivity contribution in [2.45, 2.75) is 65.5 Å². The molecule has 29 heavy (non-hydrogen) atoms. The summed E-state index contributed by atoms with van der Waals surface area (Å²) in [7, 11) is 0. The highest BCUT2D eigenvalue weighted by molar-refractivity contribution is 6.31. The number of halogens is 2. The maximum Gasteiger partial charge on any atom is 0.163 e. The quantitative estimate of drug-likeness (QED) is 0.311. The Morgan fingerprint density at radius 2 is 1.52 bits per heavy atom. The average molecular weight is 438 g/mol. The molecule has 0 aromatic heterocycles. The normalized spacial score (nSPS) is 10.9. The summed E-state index contributed by atoms with van der Waals surface area (Å²) >= 11 is 12.7. The van der Waals surface area contributed by atoms with E-state index in [2.05, 4.69) is 12.2 Å². The molecule has 0 saturated heterocycles. The highest BCUT2D eigenvalue weighted by Crippen LogP contribution is 2.34. The molecule has 0 fully saturated rings. The van der Waals surface area contributed by atoms with E-state index in [1.165, 1.54) is 38.5 Å². The maximum atomic E-state index is 6.51. The molecule has 0 aliphatic carbocycles. The minimum Gasteiger partial charge on any atom is -0.490 e. The summed E-state index contributed by atoms with van der Waals surface area (Å²) in [5.74, 6) is 1.34. The molecular weight excluding hydrogens is 405 g/mol. The minimum atomic E-state index is 0.367. The SMILES string of the molecule is CCCCCCCCNCc1cc(OCC)c(OCc2ccccc2Cl)cc1Cl. The van der Waals surface area contributed by atoms with Crippen LogP contribution in [0.5, 0.6) is 11.5 Å². The minimum absolute atomic E-state index is 0.367. The van der Waals surface area contributed by atoms with Crippen molar-refractivity contribution in [1.29, 1.82) is 0 Å². The number of rotatable bonds is 14. The topological polar surface area (TPSA) is 30.5 Å². The molecule has 2 aromatic rings. The zero-order chi connectivity index (χ0) is 20.9. The molecule has 0 atom stereocenters. The first-order valence-electron chi connectivity index (χ1n) is 10.7. The predicted molar refractivity (Wildman–Crippen MR) is 123 cm³/mol. The molecule has 2 aromatic carbocycles. The van der Waals surface area contributed by atoms with E-state index in [4.69, 9.17) is 32.7 Å². The first-order valence-corrected chi connectivity index (χ1v) is 11.4. The Bertz CT molecular complexity index is 737. The molecule has 160 valence electrons. The van der Waals surface area contributed by atoms with Crippen molar-refractivity contribution in [3.63, 3.8) is 0 Å². The summed E-state index contributed by atoms with van der Waals surface area (Å²) in [5, 5.41) is 4.86. The number of hydrogen-bond acceptors (Lipinski definition) is 3. The largest absolute Gasteiger partial charge is 0.490 e. The van der Waals surface area contributed by atoms with Gasteiger partial charge in [-0.1, -0.05) is 80.4 Å². The molecule has 0 heterocycles. The van der Waals surface area contributed by atoms with E-state index in [0.717, 1.165) is 24.2 Å². The van der Waals surface area contributed by atoms with E-state index < -0.39 is 0 Å². The van der Waals surface area contributed by atoms with Gasteiger partial charge in [-0.2, -0.15) is 0 Å². The van der Waals surface area contributed by atoms with Crippen molar-refractivity contribution in [2.24, 2.45) is 0 Å². The molecule has 0 bridgehead atoms. The number of ether oxygens (including phenoxy) is 2. The summed E-state index contributed by atoms with van der Waals surface area (Å²) in [6.07, 6.45) is 7.77. The average Bonchev–Trinajstić information content (AvgIpc) is 2.72. The Balaban J connectivity index is 1.90. The van der Waals surface area contributed by atoms with Crippen molar-refractivity contribution < 1.29 is 9.47 Å². The van der Waals surface area contributed by atoms with Crippen molar-refractivity contribution in [3.8, 4) is 11.5 Å². The second-order valence-corrected chi connectivity index (χ2v) is 7.96. The van der Waals surface area contributed by atoms with E-state index in [9.17, 15) is 0 Å². The van der Waals surface area contributed by atoms with Gasteiger partial charge in [0.15, 0.2) is 11.5 Å². The second-order valence-electron chi connectivity index (χ2n) is 7.15. The van der Waals surface area contributed by atoms with Crippen LogP contribution in [0.4, 0.5) is 0 Å². The van der Waals surface area contributed by atoms with Gasteiger partial charge in [-0.15, -0.1) is 0 Å². The van der Waals surface area contributed by atoms with Crippen molar-refractivity contribution >= 4 is 23.2 Å². The molecule has 0 aliphatic rings. The van der Waals surface area contributed by atoms with Crippen LogP contribution in [0.25, 0.3) is 0 Å². The van der Waals surface area contributed by atoms with E-state index in [1.807, 2.05) is 43.3 Å². The predicted octanol–water partition coefficient (Wildman–Crippen LogP) is 7.42. The molecule has 5 heteroatoms. The number of nitrogens with one attached hydrogen (secondary N) is 1. The highest BCUT2D eigenvalue weighted by Gasteiger charge is 2.12. The molecule has 0 amide bonds. The van der Waals surface area contributed by atoms with E-state index in [-0.39, 0.29) is 0 Å². The molecule has 0 spiro atoms. The van der Waals surface area contributed by atoms with Gasteiger partial charge in [0.05, 0.1) is 6.61 Å². The number of hydrogen-bond donors (Lipinski definition) is 1. The van der Waals surface area contributed by atoms with Gasteiger partial charge in [-0.3, -0.25) is 0 Å². The molecule has 0 saturated carbocycles. The van der Waals surface area contributed by atoms with E-state index in [1.54, 1.807) is 0 Å². The molecule has 0 unspecified atom stereocenters. The van der Waals surface area contributed by atoms with Crippen LogP contribution in [-0.2, 0) is 13.2 Å². The Labute approximate surface area is 185 Å². The Morgan fingerprint density at radius 1 is 0.793 bits per heavy atom. The lowest BCUT2D eigenvalue weighted by molar-refractivity contribution is 0.269. The van der Waals surface area contributed by atoms with E-state index in [0.29, 0.717) is 34.8 Å². The summed E-state index contributed by atoms with van der Waals surface area (Å²) < 4.78 is 11.8. The number of benzene rings is 2. The highest BCUT2D eigenvalue weighted by atomic mass is 35.5. The smallest absolute Gasteiger partial charge is 0.163 e. The van der Waals surface area contributed by atoms with Crippen molar-refractivity contribution in [3.05, 3.63) is 57.6 Å². The molecule has 2 rings (SSSR count).